The first-order chi connectivity index (χ1) is 11.9. The van der Waals surface area contributed by atoms with E-state index in [1.54, 1.807) is 6.92 Å². The van der Waals surface area contributed by atoms with Crippen LogP contribution in [0.3, 0.4) is 0 Å². The first-order valence-corrected chi connectivity index (χ1v) is 9.43. The molecule has 2 aliphatic heterocycles. The highest BCUT2D eigenvalue weighted by Crippen LogP contribution is 2.28. The second-order valence-electron chi connectivity index (χ2n) is 7.32. The molecular formula is C19H28O6. The van der Waals surface area contributed by atoms with Gasteiger partial charge in [-0.3, -0.25) is 19.2 Å². The van der Waals surface area contributed by atoms with Crippen molar-refractivity contribution in [2.24, 2.45) is 23.7 Å². The molecule has 140 valence electrons. The molecule has 0 aromatic carbocycles. The van der Waals surface area contributed by atoms with Gasteiger partial charge in [0, 0.05) is 0 Å². The van der Waals surface area contributed by atoms with E-state index in [4.69, 9.17) is 9.47 Å². The number of hydrogen-bond acceptors (Lipinski definition) is 6. The Hall–Kier alpha value is -1.72. The molecule has 0 radical (unpaired) electrons. The van der Waals surface area contributed by atoms with Crippen molar-refractivity contribution < 1.29 is 28.7 Å². The molecule has 0 N–H and O–H groups in total. The summed E-state index contributed by atoms with van der Waals surface area (Å²) in [5.74, 6) is -2.51. The molecule has 2 heterocycles. The lowest BCUT2D eigenvalue weighted by molar-refractivity contribution is -0.165. The van der Waals surface area contributed by atoms with Gasteiger partial charge in [0.15, 0.2) is 0 Å². The lowest BCUT2D eigenvalue weighted by Crippen LogP contribution is -2.20. The Kier molecular flexibility index (Phi) is 7.14. The average Bonchev–Trinajstić information content (AvgIpc) is 2.78. The maximum absolute atomic E-state index is 12.0. The predicted octanol–water partition coefficient (Wildman–Crippen LogP) is 3.17. The van der Waals surface area contributed by atoms with Crippen LogP contribution in [0.5, 0.6) is 0 Å². The van der Waals surface area contributed by atoms with Crippen molar-refractivity contribution in [3.63, 3.8) is 0 Å². The van der Waals surface area contributed by atoms with Crippen molar-refractivity contribution >= 4 is 23.9 Å². The van der Waals surface area contributed by atoms with Crippen molar-refractivity contribution in [3.8, 4) is 0 Å². The molecule has 0 bridgehead atoms. The Morgan fingerprint density at radius 3 is 1.72 bits per heavy atom. The highest BCUT2D eigenvalue weighted by atomic mass is 16.6. The Balaban J connectivity index is 1.75. The fraction of sp³-hybridized carbons (Fsp3) is 0.789. The molecule has 0 aliphatic carbocycles. The van der Waals surface area contributed by atoms with Gasteiger partial charge in [0.25, 0.3) is 0 Å². The molecule has 0 saturated carbocycles. The molecule has 2 fully saturated rings. The second kappa shape index (κ2) is 9.11. The van der Waals surface area contributed by atoms with Gasteiger partial charge in [-0.25, -0.2) is 0 Å². The summed E-state index contributed by atoms with van der Waals surface area (Å²) in [7, 11) is 0. The van der Waals surface area contributed by atoms with Gasteiger partial charge in [0.2, 0.25) is 0 Å². The van der Waals surface area contributed by atoms with E-state index in [1.165, 1.54) is 0 Å². The highest BCUT2D eigenvalue weighted by Gasteiger charge is 2.32. The maximum atomic E-state index is 12.0. The monoisotopic (exact) mass is 352 g/mol. The van der Waals surface area contributed by atoms with Gasteiger partial charge in [-0.05, 0) is 44.9 Å². The van der Waals surface area contributed by atoms with Crippen LogP contribution in [0.25, 0.3) is 0 Å². The van der Waals surface area contributed by atoms with E-state index >= 15 is 0 Å². The standard InChI is InChI=1S/C19H28O6/c1-3-13-10-11-15(19(23)25-17(13)21)7-5-4-6-14-9-8-12(2)16(20)24-18(14)22/h12-15H,3-11H2,1-2H3. The molecule has 0 amide bonds. The van der Waals surface area contributed by atoms with E-state index < -0.39 is 23.9 Å². The SMILES string of the molecule is CCC1CCC(CCCCC2CCC(C)C(=O)OC2=O)C(=O)OC1=O. The molecule has 0 aromatic rings. The van der Waals surface area contributed by atoms with Crippen LogP contribution < -0.4 is 0 Å². The largest absolute Gasteiger partial charge is 0.393 e. The Morgan fingerprint density at radius 2 is 1.16 bits per heavy atom. The molecule has 2 saturated heterocycles. The molecule has 2 rings (SSSR count). The minimum Gasteiger partial charge on any atom is -0.393 e. The summed E-state index contributed by atoms with van der Waals surface area (Å²) < 4.78 is 9.81. The molecule has 0 aromatic heterocycles. The summed E-state index contributed by atoms with van der Waals surface area (Å²) in [5.41, 5.74) is 0. The van der Waals surface area contributed by atoms with Crippen LogP contribution in [0.2, 0.25) is 0 Å². The molecule has 6 heteroatoms. The first-order valence-electron chi connectivity index (χ1n) is 9.43. The van der Waals surface area contributed by atoms with Crippen LogP contribution in [0.15, 0.2) is 0 Å². The van der Waals surface area contributed by atoms with Gasteiger partial charge in [0.1, 0.15) is 0 Å². The van der Waals surface area contributed by atoms with Crippen molar-refractivity contribution in [1.29, 1.82) is 0 Å². The molecule has 4 unspecified atom stereocenters. The van der Waals surface area contributed by atoms with Gasteiger partial charge in [-0.2, -0.15) is 0 Å². The van der Waals surface area contributed by atoms with Crippen LogP contribution in [0.4, 0.5) is 0 Å². The first kappa shape index (κ1) is 19.6. The molecule has 0 spiro atoms. The summed E-state index contributed by atoms with van der Waals surface area (Å²) in [6.45, 7) is 3.70. The molecule has 25 heavy (non-hydrogen) atoms. The summed E-state index contributed by atoms with van der Waals surface area (Å²) in [5, 5.41) is 0. The zero-order valence-corrected chi connectivity index (χ0v) is 15.1. The summed E-state index contributed by atoms with van der Waals surface area (Å²) in [6, 6.07) is 0. The third-order valence-corrected chi connectivity index (χ3v) is 5.46. The topological polar surface area (TPSA) is 86.7 Å². The van der Waals surface area contributed by atoms with Gasteiger partial charge in [-0.15, -0.1) is 0 Å². The van der Waals surface area contributed by atoms with E-state index in [9.17, 15) is 19.2 Å². The van der Waals surface area contributed by atoms with Gasteiger partial charge >= 0.3 is 23.9 Å². The fourth-order valence-corrected chi connectivity index (χ4v) is 3.55. The number of hydrogen-bond donors (Lipinski definition) is 0. The number of esters is 4. The Bertz CT molecular complexity index is 526. The van der Waals surface area contributed by atoms with E-state index in [2.05, 4.69) is 0 Å². The lowest BCUT2D eigenvalue weighted by Gasteiger charge is -2.13. The maximum Gasteiger partial charge on any atom is 0.316 e. The summed E-state index contributed by atoms with van der Waals surface area (Å²) in [6.07, 6.45) is 6.32. The quantitative estimate of drug-likeness (QED) is 0.414. The number of cyclic esters (lactones) is 4. The van der Waals surface area contributed by atoms with E-state index in [0.717, 1.165) is 12.8 Å². The molecular weight excluding hydrogens is 324 g/mol. The second-order valence-corrected chi connectivity index (χ2v) is 7.32. The predicted molar refractivity (Wildman–Crippen MR) is 89.1 cm³/mol. The average molecular weight is 352 g/mol. The van der Waals surface area contributed by atoms with Crippen molar-refractivity contribution in [3.05, 3.63) is 0 Å². The third-order valence-electron chi connectivity index (χ3n) is 5.46. The van der Waals surface area contributed by atoms with E-state index in [-0.39, 0.29) is 23.7 Å². The fourth-order valence-electron chi connectivity index (χ4n) is 3.55. The third kappa shape index (κ3) is 5.38. The summed E-state index contributed by atoms with van der Waals surface area (Å²) in [4.78, 5) is 47.2. The van der Waals surface area contributed by atoms with Crippen molar-refractivity contribution in [2.75, 3.05) is 0 Å². The van der Waals surface area contributed by atoms with Crippen molar-refractivity contribution in [2.45, 2.75) is 71.6 Å². The number of ether oxygens (including phenoxy) is 2. The van der Waals surface area contributed by atoms with E-state index in [1.807, 2.05) is 6.92 Å². The van der Waals surface area contributed by atoms with Crippen LogP contribution in [-0.2, 0) is 28.7 Å². The minimum atomic E-state index is -0.427. The number of rotatable bonds is 6. The van der Waals surface area contributed by atoms with Crippen molar-refractivity contribution in [1.82, 2.24) is 0 Å². The van der Waals surface area contributed by atoms with Crippen LogP contribution in [-0.4, -0.2) is 23.9 Å². The zero-order valence-electron chi connectivity index (χ0n) is 15.1. The smallest absolute Gasteiger partial charge is 0.316 e. The minimum absolute atomic E-state index is 0.172. The van der Waals surface area contributed by atoms with Gasteiger partial charge in [-0.1, -0.05) is 26.7 Å². The zero-order chi connectivity index (χ0) is 18.4. The van der Waals surface area contributed by atoms with Crippen LogP contribution in [0, 0.1) is 23.7 Å². The number of carbonyl (C=O) groups is 4. The van der Waals surface area contributed by atoms with Crippen LogP contribution in [0.1, 0.15) is 71.6 Å². The Morgan fingerprint density at radius 1 is 0.720 bits per heavy atom. The van der Waals surface area contributed by atoms with Crippen LogP contribution >= 0.6 is 0 Å². The molecule has 4 atom stereocenters. The highest BCUT2D eigenvalue weighted by molar-refractivity contribution is 5.89. The summed E-state index contributed by atoms with van der Waals surface area (Å²) >= 11 is 0. The number of carbonyl (C=O) groups excluding carboxylic acids is 4. The van der Waals surface area contributed by atoms with Gasteiger partial charge in [0.05, 0.1) is 23.7 Å². The lowest BCUT2D eigenvalue weighted by atomic mass is 9.90. The molecule has 6 nitrogen and oxygen atoms in total. The Labute approximate surface area is 148 Å². The molecule has 2 aliphatic rings. The van der Waals surface area contributed by atoms with E-state index in [0.29, 0.717) is 44.9 Å². The van der Waals surface area contributed by atoms with Gasteiger partial charge < -0.3 is 9.47 Å². The normalized spacial score (nSPS) is 31.1. The number of unbranched alkanes of at least 4 members (excludes halogenated alkanes) is 1.